The second kappa shape index (κ2) is 7.86. The molecule has 1 amide bonds. The second-order valence-corrected chi connectivity index (χ2v) is 6.75. The first kappa shape index (κ1) is 19.6. The van der Waals surface area contributed by atoms with Gasteiger partial charge in [0.1, 0.15) is 0 Å². The number of hydrogen-bond donors (Lipinski definition) is 2. The molecule has 0 aromatic heterocycles. The minimum atomic E-state index is -3.61. The number of benzene rings is 1. The zero-order valence-corrected chi connectivity index (χ0v) is 14.6. The lowest BCUT2D eigenvalue weighted by molar-refractivity contribution is -0.137. The van der Waals surface area contributed by atoms with E-state index in [4.69, 9.17) is 14.6 Å². The number of hydrogen-bond acceptors (Lipinski definition) is 6. The summed E-state index contributed by atoms with van der Waals surface area (Å²) in [6.45, 7) is 0.0113. The van der Waals surface area contributed by atoms with E-state index >= 15 is 0 Å². The van der Waals surface area contributed by atoms with Crippen LogP contribution < -0.4 is 14.2 Å². The van der Waals surface area contributed by atoms with E-state index in [0.717, 1.165) is 6.26 Å². The predicted octanol–water partition coefficient (Wildman–Crippen LogP) is 0.622. The first-order chi connectivity index (χ1) is 11.1. The fraction of sp³-hybridized carbons (Fsp3) is 0.429. The molecular formula is C14H20N2O7S. The van der Waals surface area contributed by atoms with Crippen LogP contribution in [0.5, 0.6) is 11.5 Å². The lowest BCUT2D eigenvalue weighted by Crippen LogP contribution is -2.29. The summed E-state index contributed by atoms with van der Waals surface area (Å²) in [5.41, 5.74) is 0.182. The Kier molecular flexibility index (Phi) is 6.41. The van der Waals surface area contributed by atoms with Crippen molar-refractivity contribution in [2.75, 3.05) is 38.8 Å². The van der Waals surface area contributed by atoms with Gasteiger partial charge in [0.15, 0.2) is 11.5 Å². The molecular weight excluding hydrogens is 340 g/mol. The molecule has 0 aliphatic carbocycles. The van der Waals surface area contributed by atoms with Gasteiger partial charge < -0.3 is 19.5 Å². The summed E-state index contributed by atoms with van der Waals surface area (Å²) in [4.78, 5) is 24.2. The van der Waals surface area contributed by atoms with Crippen LogP contribution in [0.4, 0.5) is 5.69 Å². The summed E-state index contributed by atoms with van der Waals surface area (Å²) in [6.07, 6.45) is 0.760. The van der Waals surface area contributed by atoms with E-state index in [1.165, 1.54) is 38.3 Å². The normalized spacial score (nSPS) is 10.8. The molecule has 9 nitrogen and oxygen atoms in total. The van der Waals surface area contributed by atoms with Crippen molar-refractivity contribution in [1.82, 2.24) is 4.90 Å². The highest BCUT2D eigenvalue weighted by molar-refractivity contribution is 7.92. The molecule has 0 aliphatic heterocycles. The first-order valence-corrected chi connectivity index (χ1v) is 8.69. The van der Waals surface area contributed by atoms with Crippen molar-refractivity contribution in [2.24, 2.45) is 0 Å². The van der Waals surface area contributed by atoms with Crippen molar-refractivity contribution in [2.45, 2.75) is 6.42 Å². The van der Waals surface area contributed by atoms with Gasteiger partial charge in [0.2, 0.25) is 10.0 Å². The van der Waals surface area contributed by atoms with Gasteiger partial charge in [-0.05, 0) is 12.1 Å². The molecule has 0 fully saturated rings. The molecule has 1 aromatic carbocycles. The standard InChI is InChI=1S/C14H20N2O7S/c1-16(6-5-12(17)18)14(19)9-7-10(15-24(4,20)21)13(23-3)11(8-9)22-2/h7-8,15H,5-6H2,1-4H3,(H,17,18). The van der Waals surface area contributed by atoms with Crippen molar-refractivity contribution >= 4 is 27.6 Å². The van der Waals surface area contributed by atoms with Gasteiger partial charge in [-0.3, -0.25) is 14.3 Å². The number of sulfonamides is 1. The van der Waals surface area contributed by atoms with E-state index in [1.54, 1.807) is 0 Å². The van der Waals surface area contributed by atoms with Crippen LogP contribution >= 0.6 is 0 Å². The van der Waals surface area contributed by atoms with Crippen molar-refractivity contribution < 1.29 is 32.6 Å². The molecule has 0 atom stereocenters. The quantitative estimate of drug-likeness (QED) is 0.697. The summed E-state index contributed by atoms with van der Waals surface area (Å²) in [6, 6.07) is 2.70. The van der Waals surface area contributed by atoms with Gasteiger partial charge in [-0.1, -0.05) is 0 Å². The summed E-state index contributed by atoms with van der Waals surface area (Å²) in [7, 11) is 0.534. The van der Waals surface area contributed by atoms with E-state index < -0.39 is 21.9 Å². The Hall–Kier alpha value is -2.49. The number of aliphatic carboxylic acids is 1. The van der Waals surface area contributed by atoms with Gasteiger partial charge in [0.25, 0.3) is 5.91 Å². The number of anilines is 1. The van der Waals surface area contributed by atoms with Crippen molar-refractivity contribution in [3.63, 3.8) is 0 Å². The van der Waals surface area contributed by atoms with E-state index in [1.807, 2.05) is 0 Å². The Labute approximate surface area is 140 Å². The number of carbonyl (C=O) groups is 2. The van der Waals surface area contributed by atoms with Crippen LogP contribution in [0.3, 0.4) is 0 Å². The third-order valence-corrected chi connectivity index (χ3v) is 3.62. The molecule has 0 spiro atoms. The maximum Gasteiger partial charge on any atom is 0.305 e. The molecule has 2 N–H and O–H groups in total. The number of rotatable bonds is 8. The highest BCUT2D eigenvalue weighted by atomic mass is 32.2. The van der Waals surface area contributed by atoms with Gasteiger partial charge in [-0.15, -0.1) is 0 Å². The molecule has 10 heteroatoms. The number of amides is 1. The Bertz CT molecular complexity index is 731. The molecule has 0 radical (unpaired) electrons. The first-order valence-electron chi connectivity index (χ1n) is 6.80. The maximum atomic E-state index is 12.4. The number of carboxylic acid groups (broad SMARTS) is 1. The van der Waals surface area contributed by atoms with Gasteiger partial charge in [0.05, 0.1) is 32.6 Å². The lowest BCUT2D eigenvalue weighted by Gasteiger charge is -2.19. The summed E-state index contributed by atoms with van der Waals surface area (Å²) >= 11 is 0. The topological polar surface area (TPSA) is 122 Å². The molecule has 0 bridgehead atoms. The lowest BCUT2D eigenvalue weighted by atomic mass is 10.1. The third kappa shape index (κ3) is 5.30. The van der Waals surface area contributed by atoms with Crippen LogP contribution in [0, 0.1) is 0 Å². The Morgan fingerprint density at radius 3 is 2.33 bits per heavy atom. The van der Waals surface area contributed by atoms with Crippen LogP contribution in [0.15, 0.2) is 12.1 Å². The highest BCUT2D eigenvalue weighted by Gasteiger charge is 2.20. The van der Waals surface area contributed by atoms with Gasteiger partial charge in [-0.2, -0.15) is 0 Å². The van der Waals surface area contributed by atoms with Gasteiger partial charge in [0, 0.05) is 19.2 Å². The number of methoxy groups -OCH3 is 2. The average molecular weight is 360 g/mol. The van der Waals surface area contributed by atoms with E-state index in [9.17, 15) is 18.0 Å². The Balaban J connectivity index is 3.26. The fourth-order valence-corrected chi connectivity index (χ4v) is 2.50. The van der Waals surface area contributed by atoms with Crippen molar-refractivity contribution in [1.29, 1.82) is 0 Å². The molecule has 1 aromatic rings. The van der Waals surface area contributed by atoms with Gasteiger partial charge in [-0.25, -0.2) is 8.42 Å². The Morgan fingerprint density at radius 2 is 1.88 bits per heavy atom. The summed E-state index contributed by atoms with van der Waals surface area (Å²) in [5, 5.41) is 8.69. The van der Waals surface area contributed by atoms with E-state index in [2.05, 4.69) is 4.72 Å². The number of carboxylic acids is 1. The Morgan fingerprint density at radius 1 is 1.25 bits per heavy atom. The SMILES string of the molecule is COc1cc(C(=O)N(C)CCC(=O)O)cc(NS(C)(=O)=O)c1OC. The molecule has 0 saturated carbocycles. The van der Waals surface area contributed by atoms with Crippen LogP contribution in [0.2, 0.25) is 0 Å². The smallest absolute Gasteiger partial charge is 0.305 e. The highest BCUT2D eigenvalue weighted by Crippen LogP contribution is 2.37. The van der Waals surface area contributed by atoms with Crippen molar-refractivity contribution in [3.8, 4) is 11.5 Å². The minimum absolute atomic E-state index is 0.0113. The molecule has 1 rings (SSSR count). The zero-order chi connectivity index (χ0) is 18.5. The van der Waals surface area contributed by atoms with E-state index in [0.29, 0.717) is 0 Å². The third-order valence-electron chi connectivity index (χ3n) is 3.03. The zero-order valence-electron chi connectivity index (χ0n) is 13.8. The van der Waals surface area contributed by atoms with Crippen LogP contribution in [0.1, 0.15) is 16.8 Å². The molecule has 0 unspecified atom stereocenters. The second-order valence-electron chi connectivity index (χ2n) is 5.00. The number of carbonyl (C=O) groups excluding carboxylic acids is 1. The summed E-state index contributed by atoms with van der Waals surface area (Å²) in [5.74, 6) is -1.20. The maximum absolute atomic E-state index is 12.4. The largest absolute Gasteiger partial charge is 0.493 e. The van der Waals surface area contributed by atoms with Crippen molar-refractivity contribution in [3.05, 3.63) is 17.7 Å². The fourth-order valence-electron chi connectivity index (χ4n) is 1.95. The predicted molar refractivity (Wildman–Crippen MR) is 87.2 cm³/mol. The van der Waals surface area contributed by atoms with Crippen LogP contribution in [0.25, 0.3) is 0 Å². The molecule has 0 aliphatic rings. The monoisotopic (exact) mass is 360 g/mol. The minimum Gasteiger partial charge on any atom is -0.493 e. The average Bonchev–Trinajstić information content (AvgIpc) is 2.49. The van der Waals surface area contributed by atoms with Crippen LogP contribution in [-0.4, -0.2) is 64.4 Å². The van der Waals surface area contributed by atoms with Gasteiger partial charge >= 0.3 is 5.97 Å². The number of nitrogens with one attached hydrogen (secondary N) is 1. The molecule has 24 heavy (non-hydrogen) atoms. The summed E-state index contributed by atoms with van der Waals surface area (Å²) < 4.78 is 35.5. The molecule has 0 heterocycles. The molecule has 0 saturated heterocycles. The number of nitrogens with zero attached hydrogens (tertiary/aromatic N) is 1. The molecule has 134 valence electrons. The number of ether oxygens (including phenoxy) is 2. The van der Waals surface area contributed by atoms with E-state index in [-0.39, 0.29) is 35.7 Å². The van der Waals surface area contributed by atoms with Crippen LogP contribution in [-0.2, 0) is 14.8 Å².